The molecule has 4 nitrogen and oxygen atoms in total. The number of anilines is 1. The van der Waals surface area contributed by atoms with Crippen molar-refractivity contribution < 1.29 is 14.3 Å². The number of ether oxygens (including phenoxy) is 2. The first-order valence-corrected chi connectivity index (χ1v) is 10.3. The number of benzene rings is 3. The second kappa shape index (κ2) is 6.91. The summed E-state index contributed by atoms with van der Waals surface area (Å²) in [5, 5.41) is 3.15. The van der Waals surface area contributed by atoms with Crippen LogP contribution in [0.5, 0.6) is 11.5 Å². The number of fused-ring (bicyclic) bond motifs is 1. The predicted octanol–water partition coefficient (Wildman–Crippen LogP) is 5.33. The number of amides is 1. The van der Waals surface area contributed by atoms with Gasteiger partial charge in [-0.05, 0) is 47.7 Å². The standard InChI is InChI=1S/C26H25NO3/c1-26(25(28)27-21-13-8-14-22(29-2)24(21)30-3)15-20-16-9-4-6-11-18(16)23(26)19-12-7-5-10-17(19)20/h4-14,20,23H,15H2,1-3H3,(H,27,28). The van der Waals surface area contributed by atoms with E-state index in [1.807, 2.05) is 18.2 Å². The maximum absolute atomic E-state index is 13.8. The third kappa shape index (κ3) is 2.56. The predicted molar refractivity (Wildman–Crippen MR) is 117 cm³/mol. The normalized spacial score (nSPS) is 23.3. The smallest absolute Gasteiger partial charge is 0.231 e. The van der Waals surface area contributed by atoms with Crippen molar-refractivity contribution in [3.63, 3.8) is 0 Å². The maximum Gasteiger partial charge on any atom is 0.231 e. The molecular weight excluding hydrogens is 374 g/mol. The Morgan fingerprint density at radius 1 is 0.867 bits per heavy atom. The molecule has 30 heavy (non-hydrogen) atoms. The monoisotopic (exact) mass is 399 g/mol. The highest BCUT2D eigenvalue weighted by Crippen LogP contribution is 2.61. The van der Waals surface area contributed by atoms with Crippen molar-refractivity contribution >= 4 is 11.6 Å². The Morgan fingerprint density at radius 3 is 2.03 bits per heavy atom. The van der Waals surface area contributed by atoms with Crippen molar-refractivity contribution in [2.24, 2.45) is 5.41 Å². The van der Waals surface area contributed by atoms with Crippen molar-refractivity contribution in [3.05, 3.63) is 89.0 Å². The van der Waals surface area contributed by atoms with Gasteiger partial charge in [-0.3, -0.25) is 4.79 Å². The second-order valence-electron chi connectivity index (χ2n) is 8.36. The summed E-state index contributed by atoms with van der Waals surface area (Å²) in [4.78, 5) is 13.8. The minimum absolute atomic E-state index is 0.00746. The van der Waals surface area contributed by atoms with Gasteiger partial charge in [0.1, 0.15) is 0 Å². The van der Waals surface area contributed by atoms with Gasteiger partial charge in [-0.25, -0.2) is 0 Å². The summed E-state index contributed by atoms with van der Waals surface area (Å²) in [5.74, 6) is 1.39. The molecular formula is C26H25NO3. The Kier molecular flexibility index (Phi) is 4.31. The van der Waals surface area contributed by atoms with Crippen LogP contribution in [0.15, 0.2) is 66.7 Å². The first-order chi connectivity index (χ1) is 14.6. The Labute approximate surface area is 176 Å². The lowest BCUT2D eigenvalue weighted by Gasteiger charge is -2.50. The van der Waals surface area contributed by atoms with Crippen LogP contribution in [-0.4, -0.2) is 20.1 Å². The molecule has 1 unspecified atom stereocenters. The lowest BCUT2D eigenvalue weighted by molar-refractivity contribution is -0.126. The number of carbonyl (C=O) groups is 1. The highest BCUT2D eigenvalue weighted by Gasteiger charge is 2.53. The second-order valence-corrected chi connectivity index (χ2v) is 8.36. The van der Waals surface area contributed by atoms with Crippen LogP contribution in [0.1, 0.15) is 47.4 Å². The van der Waals surface area contributed by atoms with Crippen molar-refractivity contribution in [1.29, 1.82) is 0 Å². The summed E-state index contributed by atoms with van der Waals surface area (Å²) in [6.07, 6.45) is 0.782. The number of nitrogens with one attached hydrogen (secondary N) is 1. The summed E-state index contributed by atoms with van der Waals surface area (Å²) >= 11 is 0. The summed E-state index contributed by atoms with van der Waals surface area (Å²) in [7, 11) is 3.18. The molecule has 1 N–H and O–H groups in total. The van der Waals surface area contributed by atoms with E-state index in [-0.39, 0.29) is 17.7 Å². The summed E-state index contributed by atoms with van der Waals surface area (Å²) in [6.45, 7) is 2.10. The molecule has 0 saturated heterocycles. The van der Waals surface area contributed by atoms with Gasteiger partial charge >= 0.3 is 0 Å². The number of rotatable bonds is 4. The Morgan fingerprint density at radius 2 is 1.47 bits per heavy atom. The van der Waals surface area contributed by atoms with E-state index in [0.717, 1.165) is 6.42 Å². The van der Waals surface area contributed by atoms with Crippen LogP contribution in [-0.2, 0) is 4.79 Å². The minimum Gasteiger partial charge on any atom is -0.493 e. The van der Waals surface area contributed by atoms with Crippen LogP contribution >= 0.6 is 0 Å². The van der Waals surface area contributed by atoms with E-state index in [1.54, 1.807) is 14.2 Å². The van der Waals surface area contributed by atoms with Gasteiger partial charge in [-0.2, -0.15) is 0 Å². The SMILES string of the molecule is COc1cccc(NC(=O)C2(C)CC3c4ccccc4C2c2ccccc23)c1OC. The fourth-order valence-electron chi connectivity index (χ4n) is 5.44. The van der Waals surface area contributed by atoms with Gasteiger partial charge in [-0.1, -0.05) is 54.6 Å². The summed E-state index contributed by atoms with van der Waals surface area (Å²) in [6, 6.07) is 22.7. The van der Waals surface area contributed by atoms with Crippen molar-refractivity contribution in [3.8, 4) is 11.5 Å². The third-order valence-corrected chi connectivity index (χ3v) is 6.80. The molecule has 4 heteroatoms. The molecule has 6 rings (SSSR count). The highest BCUT2D eigenvalue weighted by atomic mass is 16.5. The van der Waals surface area contributed by atoms with E-state index in [9.17, 15) is 4.79 Å². The summed E-state index contributed by atoms with van der Waals surface area (Å²) in [5.41, 5.74) is 5.30. The Bertz CT molecular complexity index is 1090. The fourth-order valence-corrected chi connectivity index (χ4v) is 5.44. The van der Waals surface area contributed by atoms with Gasteiger partial charge in [0, 0.05) is 11.8 Å². The zero-order valence-corrected chi connectivity index (χ0v) is 17.4. The number of para-hydroxylation sites is 1. The van der Waals surface area contributed by atoms with E-state index in [2.05, 4.69) is 60.8 Å². The molecule has 1 amide bonds. The van der Waals surface area contributed by atoms with Crippen LogP contribution in [0.3, 0.4) is 0 Å². The summed E-state index contributed by atoms with van der Waals surface area (Å²) < 4.78 is 10.9. The molecule has 2 bridgehead atoms. The molecule has 0 radical (unpaired) electrons. The first-order valence-electron chi connectivity index (χ1n) is 10.3. The molecule has 0 heterocycles. The van der Waals surface area contributed by atoms with Gasteiger partial charge in [0.15, 0.2) is 11.5 Å². The molecule has 3 aliphatic carbocycles. The van der Waals surface area contributed by atoms with Crippen molar-refractivity contribution in [2.75, 3.05) is 19.5 Å². The lowest BCUT2D eigenvalue weighted by atomic mass is 9.52. The van der Waals surface area contributed by atoms with E-state index >= 15 is 0 Å². The largest absolute Gasteiger partial charge is 0.493 e. The van der Waals surface area contributed by atoms with Gasteiger partial charge in [0.2, 0.25) is 5.91 Å². The average molecular weight is 399 g/mol. The van der Waals surface area contributed by atoms with Gasteiger partial charge in [0.05, 0.1) is 25.3 Å². The van der Waals surface area contributed by atoms with Crippen LogP contribution in [0.25, 0.3) is 0 Å². The molecule has 152 valence electrons. The Balaban J connectivity index is 1.58. The van der Waals surface area contributed by atoms with Gasteiger partial charge < -0.3 is 14.8 Å². The highest BCUT2D eigenvalue weighted by molar-refractivity contribution is 5.98. The molecule has 1 atom stereocenters. The maximum atomic E-state index is 13.8. The molecule has 0 aromatic heterocycles. The van der Waals surface area contributed by atoms with Crippen LogP contribution in [0.2, 0.25) is 0 Å². The number of hydrogen-bond donors (Lipinski definition) is 1. The van der Waals surface area contributed by atoms with E-state index in [4.69, 9.17) is 9.47 Å². The van der Waals surface area contributed by atoms with Gasteiger partial charge in [0.25, 0.3) is 0 Å². The molecule has 0 spiro atoms. The van der Waals surface area contributed by atoms with Gasteiger partial charge in [-0.15, -0.1) is 0 Å². The van der Waals surface area contributed by atoms with Crippen LogP contribution in [0, 0.1) is 5.41 Å². The molecule has 3 aliphatic rings. The number of hydrogen-bond acceptors (Lipinski definition) is 3. The number of methoxy groups -OCH3 is 2. The minimum atomic E-state index is -0.568. The molecule has 3 aromatic rings. The third-order valence-electron chi connectivity index (χ3n) is 6.80. The first kappa shape index (κ1) is 18.7. The van der Waals surface area contributed by atoms with E-state index < -0.39 is 5.41 Å². The van der Waals surface area contributed by atoms with E-state index in [0.29, 0.717) is 17.2 Å². The van der Waals surface area contributed by atoms with Crippen LogP contribution < -0.4 is 14.8 Å². The Hall–Kier alpha value is -3.27. The molecule has 0 aliphatic heterocycles. The molecule has 0 fully saturated rings. The quantitative estimate of drug-likeness (QED) is 0.645. The lowest BCUT2D eigenvalue weighted by Crippen LogP contribution is -2.47. The van der Waals surface area contributed by atoms with Crippen molar-refractivity contribution in [1.82, 2.24) is 0 Å². The van der Waals surface area contributed by atoms with Crippen LogP contribution in [0.4, 0.5) is 5.69 Å². The zero-order chi connectivity index (χ0) is 20.9. The average Bonchev–Trinajstić information content (AvgIpc) is 2.79. The number of carbonyl (C=O) groups excluding carboxylic acids is 1. The van der Waals surface area contributed by atoms with Crippen molar-refractivity contribution in [2.45, 2.75) is 25.2 Å². The zero-order valence-electron chi connectivity index (χ0n) is 17.4. The molecule has 3 aromatic carbocycles. The topological polar surface area (TPSA) is 47.6 Å². The molecule has 0 saturated carbocycles. The fraction of sp³-hybridized carbons (Fsp3) is 0.269. The van der Waals surface area contributed by atoms with E-state index in [1.165, 1.54) is 22.3 Å².